The summed E-state index contributed by atoms with van der Waals surface area (Å²) < 4.78 is 32.9. The molecule has 2 aliphatic heterocycles. The molecule has 0 atom stereocenters. The van der Waals surface area contributed by atoms with Crippen LogP contribution in [0.1, 0.15) is 39.9 Å². The zero-order chi connectivity index (χ0) is 26.1. The van der Waals surface area contributed by atoms with Gasteiger partial charge in [0.15, 0.2) is 0 Å². The van der Waals surface area contributed by atoms with Gasteiger partial charge in [0, 0.05) is 38.3 Å². The van der Waals surface area contributed by atoms with Gasteiger partial charge in [-0.3, -0.25) is 14.6 Å². The number of benzene rings is 2. The summed E-state index contributed by atoms with van der Waals surface area (Å²) >= 11 is 0. The van der Waals surface area contributed by atoms with Crippen molar-refractivity contribution in [1.82, 2.24) is 14.5 Å². The third kappa shape index (κ3) is 5.15. The van der Waals surface area contributed by atoms with Crippen LogP contribution < -0.4 is 10.1 Å². The van der Waals surface area contributed by atoms with Gasteiger partial charge in [-0.15, -0.1) is 0 Å². The van der Waals surface area contributed by atoms with Gasteiger partial charge in [0.2, 0.25) is 10.0 Å². The summed E-state index contributed by atoms with van der Waals surface area (Å²) in [6, 6.07) is 12.7. The van der Waals surface area contributed by atoms with E-state index < -0.39 is 15.6 Å². The lowest BCUT2D eigenvalue weighted by molar-refractivity contribution is -0.124. The topological polar surface area (TPSA) is 108 Å². The summed E-state index contributed by atoms with van der Waals surface area (Å²) in [5.41, 5.74) is 2.16. The minimum Gasteiger partial charge on any atom is -0.497 e. The number of rotatable bonds is 7. The maximum absolute atomic E-state index is 13.1. The lowest BCUT2D eigenvalue weighted by Crippen LogP contribution is -2.50. The van der Waals surface area contributed by atoms with Crippen molar-refractivity contribution in [1.29, 1.82) is 0 Å². The summed E-state index contributed by atoms with van der Waals surface area (Å²) in [5.74, 6) is 0.835. The van der Waals surface area contributed by atoms with Gasteiger partial charge in [0.05, 0.1) is 12.9 Å². The number of hydrogen-bond acceptors (Lipinski definition) is 6. The zero-order valence-corrected chi connectivity index (χ0v) is 21.9. The number of carbonyl (C=O) groups excluding carboxylic acids is 2. The molecular formula is C26H32N4O5S. The Kier molecular flexibility index (Phi) is 7.19. The number of ether oxygens (including phenoxy) is 1. The maximum atomic E-state index is 13.1. The highest BCUT2D eigenvalue weighted by molar-refractivity contribution is 7.89. The number of methoxy groups -OCH3 is 1. The number of carbonyl (C=O) groups is 2. The Bertz CT molecular complexity index is 1310. The fraction of sp³-hybridized carbons (Fsp3) is 0.423. The van der Waals surface area contributed by atoms with E-state index >= 15 is 0 Å². The number of sulfonamides is 1. The molecule has 1 spiro atoms. The molecule has 2 aromatic rings. The summed E-state index contributed by atoms with van der Waals surface area (Å²) in [6.07, 6.45) is 1.00. The molecule has 0 saturated carbocycles. The largest absolute Gasteiger partial charge is 0.497 e. The Morgan fingerprint density at radius 2 is 1.89 bits per heavy atom. The number of piperidine rings is 1. The van der Waals surface area contributed by atoms with Crippen LogP contribution in [0.5, 0.6) is 5.75 Å². The third-order valence-electron chi connectivity index (χ3n) is 6.89. The van der Waals surface area contributed by atoms with Crippen LogP contribution in [0.2, 0.25) is 0 Å². The molecule has 9 nitrogen and oxygen atoms in total. The number of amidine groups is 1. The number of amides is 2. The minimum absolute atomic E-state index is 0.0354. The predicted octanol–water partition coefficient (Wildman–Crippen LogP) is 1.99. The molecule has 2 amide bonds. The number of nitrogens with one attached hydrogen (secondary N) is 1. The average Bonchev–Trinajstić information content (AvgIpc) is 3.18. The van der Waals surface area contributed by atoms with Gasteiger partial charge >= 0.3 is 0 Å². The van der Waals surface area contributed by atoms with Crippen molar-refractivity contribution in [3.05, 3.63) is 64.7 Å². The van der Waals surface area contributed by atoms with Gasteiger partial charge in [0.25, 0.3) is 11.8 Å². The van der Waals surface area contributed by atoms with Gasteiger partial charge in [0.1, 0.15) is 17.1 Å². The van der Waals surface area contributed by atoms with E-state index in [0.717, 1.165) is 16.7 Å². The fourth-order valence-electron chi connectivity index (χ4n) is 4.63. The fourth-order valence-corrected chi connectivity index (χ4v) is 6.11. The quantitative estimate of drug-likeness (QED) is 0.610. The van der Waals surface area contributed by atoms with Gasteiger partial charge in [-0.25, -0.2) is 12.7 Å². The molecule has 1 N–H and O–H groups in total. The van der Waals surface area contributed by atoms with Crippen LogP contribution in [-0.2, 0) is 21.2 Å². The van der Waals surface area contributed by atoms with Crippen LogP contribution in [0.4, 0.5) is 0 Å². The van der Waals surface area contributed by atoms with Gasteiger partial charge in [-0.2, -0.15) is 0 Å². The van der Waals surface area contributed by atoms with Crippen LogP contribution in [-0.4, -0.2) is 80.9 Å². The van der Waals surface area contributed by atoms with E-state index in [4.69, 9.17) is 9.73 Å². The highest BCUT2D eigenvalue weighted by atomic mass is 32.2. The van der Waals surface area contributed by atoms with Crippen LogP contribution in [0.15, 0.2) is 47.5 Å². The minimum atomic E-state index is -3.52. The molecule has 36 heavy (non-hydrogen) atoms. The van der Waals surface area contributed by atoms with Crippen LogP contribution in [0.3, 0.4) is 0 Å². The van der Waals surface area contributed by atoms with Gasteiger partial charge in [-0.05, 0) is 61.6 Å². The van der Waals surface area contributed by atoms with Crippen molar-refractivity contribution in [3.8, 4) is 5.75 Å². The van der Waals surface area contributed by atoms with Crippen LogP contribution >= 0.6 is 0 Å². The van der Waals surface area contributed by atoms with E-state index in [9.17, 15) is 18.0 Å². The van der Waals surface area contributed by atoms with Crippen molar-refractivity contribution < 1.29 is 22.7 Å². The van der Waals surface area contributed by atoms with Crippen molar-refractivity contribution in [2.45, 2.75) is 31.7 Å². The number of aliphatic imine (C=N–C) groups is 1. The summed E-state index contributed by atoms with van der Waals surface area (Å²) in [7, 11) is 1.45. The Morgan fingerprint density at radius 3 is 2.53 bits per heavy atom. The SMILES string of the molecule is COc1cccc(C2=NC3(CCN(S(=O)(=O)CCc4ccc(C(=O)N(C)C)cc4C)CC3)C(=O)N2)c1. The normalized spacial score (nSPS) is 17.6. The Balaban J connectivity index is 1.40. The van der Waals surface area contributed by atoms with Crippen molar-refractivity contribution in [3.63, 3.8) is 0 Å². The van der Waals surface area contributed by atoms with E-state index in [1.165, 1.54) is 9.21 Å². The molecule has 2 aromatic carbocycles. The van der Waals surface area contributed by atoms with E-state index in [-0.39, 0.29) is 30.7 Å². The first-order valence-corrected chi connectivity index (χ1v) is 13.5. The first kappa shape index (κ1) is 25.8. The molecule has 192 valence electrons. The highest BCUT2D eigenvalue weighted by Crippen LogP contribution is 2.32. The Hall–Kier alpha value is -3.24. The highest BCUT2D eigenvalue weighted by Gasteiger charge is 2.47. The molecule has 1 fully saturated rings. The predicted molar refractivity (Wildman–Crippen MR) is 138 cm³/mol. The average molecular weight is 513 g/mol. The molecule has 1 saturated heterocycles. The molecule has 4 rings (SSSR count). The summed E-state index contributed by atoms with van der Waals surface area (Å²) in [6.45, 7) is 2.36. The lowest BCUT2D eigenvalue weighted by atomic mass is 9.89. The number of hydrogen-bond donors (Lipinski definition) is 1. The first-order chi connectivity index (χ1) is 17.0. The second-order valence-electron chi connectivity index (χ2n) is 9.48. The molecule has 2 heterocycles. The molecule has 0 aliphatic carbocycles. The summed E-state index contributed by atoms with van der Waals surface area (Å²) in [5, 5.41) is 2.87. The van der Waals surface area contributed by atoms with Gasteiger partial charge in [-0.1, -0.05) is 18.2 Å². The van der Waals surface area contributed by atoms with E-state index in [0.29, 0.717) is 36.4 Å². The molecular weight excluding hydrogens is 480 g/mol. The van der Waals surface area contributed by atoms with Crippen LogP contribution in [0.25, 0.3) is 0 Å². The lowest BCUT2D eigenvalue weighted by Gasteiger charge is -2.34. The van der Waals surface area contributed by atoms with E-state index in [2.05, 4.69) is 5.32 Å². The summed E-state index contributed by atoms with van der Waals surface area (Å²) in [4.78, 5) is 31.3. The first-order valence-electron chi connectivity index (χ1n) is 11.9. The van der Waals surface area contributed by atoms with Gasteiger partial charge < -0.3 is 15.0 Å². The maximum Gasteiger partial charge on any atom is 0.253 e. The second-order valence-corrected chi connectivity index (χ2v) is 11.6. The van der Waals surface area contributed by atoms with Crippen molar-refractivity contribution >= 4 is 27.7 Å². The molecule has 0 unspecified atom stereocenters. The van der Waals surface area contributed by atoms with Crippen molar-refractivity contribution in [2.75, 3.05) is 40.0 Å². The zero-order valence-electron chi connectivity index (χ0n) is 21.1. The smallest absolute Gasteiger partial charge is 0.253 e. The molecule has 10 heteroatoms. The van der Waals surface area contributed by atoms with Crippen molar-refractivity contribution in [2.24, 2.45) is 4.99 Å². The number of nitrogens with zero attached hydrogens (tertiary/aromatic N) is 3. The van der Waals surface area contributed by atoms with E-state index in [1.54, 1.807) is 33.3 Å². The van der Waals surface area contributed by atoms with Crippen LogP contribution in [0, 0.1) is 6.92 Å². The standard InChI is InChI=1S/C26H32N4O5S/c1-18-16-21(24(31)29(2)3)9-8-19(18)10-15-36(33,34)30-13-11-26(12-14-30)25(32)27-23(28-26)20-6-5-7-22(17-20)35-4/h5-9,16-17H,10-15H2,1-4H3,(H,27,28,32). The Morgan fingerprint density at radius 1 is 1.17 bits per heavy atom. The Labute approximate surface area is 212 Å². The van der Waals surface area contributed by atoms with E-state index in [1.807, 2.05) is 37.3 Å². The third-order valence-corrected chi connectivity index (χ3v) is 8.76. The second kappa shape index (κ2) is 10.0. The molecule has 0 radical (unpaired) electrons. The molecule has 2 aliphatic rings. The monoisotopic (exact) mass is 512 g/mol. The molecule has 0 bridgehead atoms. The molecule has 0 aromatic heterocycles. The number of aryl methyl sites for hydroxylation is 2.